The van der Waals surface area contributed by atoms with Crippen LogP contribution >= 0.6 is 0 Å². The molecule has 0 atom stereocenters. The molecule has 0 unspecified atom stereocenters. The van der Waals surface area contributed by atoms with Crippen LogP contribution in [0.3, 0.4) is 0 Å². The first-order valence-electron chi connectivity index (χ1n) is 5.82. The number of carbonyl (C=O) groups is 3. The number of hydrogen-bond acceptors (Lipinski definition) is 4. The smallest absolute Gasteiger partial charge is 0.328 e. The van der Waals surface area contributed by atoms with Crippen molar-refractivity contribution in [2.45, 2.75) is 0 Å². The maximum Gasteiger partial charge on any atom is 0.328 e. The molecule has 1 fully saturated rings. The van der Waals surface area contributed by atoms with Crippen LogP contribution in [0.1, 0.15) is 5.56 Å². The topological polar surface area (TPSA) is 84.5 Å². The van der Waals surface area contributed by atoms with E-state index in [1.54, 1.807) is 30.3 Å². The van der Waals surface area contributed by atoms with Crippen LogP contribution in [0, 0.1) is 0 Å². The van der Waals surface area contributed by atoms with Crippen LogP contribution in [-0.2, 0) is 9.59 Å². The molecule has 1 heterocycles. The molecule has 0 saturated carbocycles. The fourth-order valence-corrected chi connectivity index (χ4v) is 1.59. The molecule has 0 radical (unpaired) electrons. The summed E-state index contributed by atoms with van der Waals surface area (Å²) >= 11 is 0. The maximum absolute atomic E-state index is 11.5. The van der Waals surface area contributed by atoms with E-state index in [1.807, 2.05) is 10.6 Å². The Balaban J connectivity index is 2.17. The van der Waals surface area contributed by atoms with Crippen LogP contribution < -0.4 is 15.4 Å². The average molecular weight is 272 g/mol. The van der Waals surface area contributed by atoms with Crippen LogP contribution in [0.15, 0.2) is 42.5 Å². The zero-order valence-electron chi connectivity index (χ0n) is 10.5. The second-order valence-corrected chi connectivity index (χ2v) is 3.96. The van der Waals surface area contributed by atoms with Gasteiger partial charge in [0.15, 0.2) is 0 Å². The van der Waals surface area contributed by atoms with Gasteiger partial charge in [-0.3, -0.25) is 20.2 Å². The summed E-state index contributed by atoms with van der Waals surface area (Å²) in [6.07, 6.45) is 3.03. The molecule has 1 aliphatic rings. The number of amides is 4. The number of hydrogen-bond donors (Lipinski definition) is 2. The minimum atomic E-state index is -0.815. The summed E-state index contributed by atoms with van der Waals surface area (Å²) in [5, 5.41) is 4.01. The van der Waals surface area contributed by atoms with Crippen molar-refractivity contribution in [3.05, 3.63) is 48.1 Å². The van der Waals surface area contributed by atoms with E-state index in [2.05, 4.69) is 6.58 Å². The van der Waals surface area contributed by atoms with Crippen molar-refractivity contribution < 1.29 is 19.1 Å². The molecule has 1 saturated heterocycles. The van der Waals surface area contributed by atoms with Gasteiger partial charge in [-0.2, -0.15) is 0 Å². The molecule has 20 heavy (non-hydrogen) atoms. The van der Waals surface area contributed by atoms with Gasteiger partial charge in [0.2, 0.25) is 0 Å². The third-order valence-corrected chi connectivity index (χ3v) is 2.50. The van der Waals surface area contributed by atoms with Crippen molar-refractivity contribution in [3.8, 4) is 5.75 Å². The predicted molar refractivity (Wildman–Crippen MR) is 71.8 cm³/mol. The van der Waals surface area contributed by atoms with Crippen molar-refractivity contribution in [3.63, 3.8) is 0 Å². The van der Waals surface area contributed by atoms with E-state index >= 15 is 0 Å². The van der Waals surface area contributed by atoms with E-state index in [1.165, 1.54) is 6.08 Å². The van der Waals surface area contributed by atoms with Gasteiger partial charge < -0.3 is 4.74 Å². The zero-order valence-corrected chi connectivity index (χ0v) is 10.5. The second kappa shape index (κ2) is 5.83. The van der Waals surface area contributed by atoms with Gasteiger partial charge in [0.25, 0.3) is 11.8 Å². The normalized spacial score (nSPS) is 14.4. The summed E-state index contributed by atoms with van der Waals surface area (Å²) in [6, 6.07) is 6.00. The zero-order chi connectivity index (χ0) is 14.5. The Bertz CT molecular complexity index is 580. The SMILES string of the molecule is C=CCOc1ccc(C=C2C(=O)NC(=O)NC2=O)cc1. The molecule has 2 rings (SSSR count). The number of imide groups is 2. The van der Waals surface area contributed by atoms with Gasteiger partial charge >= 0.3 is 6.03 Å². The third kappa shape index (κ3) is 3.11. The largest absolute Gasteiger partial charge is 0.490 e. The predicted octanol–water partition coefficient (Wildman–Crippen LogP) is 1.00. The lowest BCUT2D eigenvalue weighted by atomic mass is 10.1. The van der Waals surface area contributed by atoms with E-state index in [9.17, 15) is 14.4 Å². The minimum absolute atomic E-state index is 0.121. The quantitative estimate of drug-likeness (QED) is 0.486. The van der Waals surface area contributed by atoms with Gasteiger partial charge in [0, 0.05) is 0 Å². The van der Waals surface area contributed by atoms with Crippen molar-refractivity contribution in [2.75, 3.05) is 6.61 Å². The molecular weight excluding hydrogens is 260 g/mol. The van der Waals surface area contributed by atoms with Crippen LogP contribution in [0.2, 0.25) is 0 Å². The summed E-state index contributed by atoms with van der Waals surface area (Å²) in [5.74, 6) is -0.781. The molecule has 1 aliphatic heterocycles. The number of nitrogens with one attached hydrogen (secondary N) is 2. The molecule has 0 aromatic heterocycles. The lowest BCUT2D eigenvalue weighted by molar-refractivity contribution is -0.123. The molecule has 6 nitrogen and oxygen atoms in total. The molecule has 0 bridgehead atoms. The highest BCUT2D eigenvalue weighted by atomic mass is 16.5. The fourth-order valence-electron chi connectivity index (χ4n) is 1.59. The molecule has 4 amide bonds. The van der Waals surface area contributed by atoms with Gasteiger partial charge in [-0.15, -0.1) is 0 Å². The Morgan fingerprint density at radius 3 is 2.20 bits per heavy atom. The fraction of sp³-hybridized carbons (Fsp3) is 0.0714. The number of rotatable bonds is 4. The highest BCUT2D eigenvalue weighted by molar-refractivity contribution is 6.31. The summed E-state index contributed by atoms with van der Waals surface area (Å²) in [5.41, 5.74) is 0.523. The standard InChI is InChI=1S/C14H12N2O4/c1-2-7-20-10-5-3-9(4-6-10)8-11-12(17)15-14(19)16-13(11)18/h2-6,8H,1,7H2,(H2,15,16,17,18,19). The van der Waals surface area contributed by atoms with Crippen molar-refractivity contribution in [1.82, 2.24) is 10.6 Å². The van der Waals surface area contributed by atoms with Gasteiger partial charge in [0.05, 0.1) is 0 Å². The van der Waals surface area contributed by atoms with Crippen LogP contribution in [0.25, 0.3) is 6.08 Å². The van der Waals surface area contributed by atoms with Gasteiger partial charge in [-0.25, -0.2) is 4.79 Å². The highest BCUT2D eigenvalue weighted by Crippen LogP contribution is 2.15. The van der Waals surface area contributed by atoms with Crippen molar-refractivity contribution in [1.29, 1.82) is 0 Å². The summed E-state index contributed by atoms with van der Waals surface area (Å²) in [6.45, 7) is 3.94. The molecule has 102 valence electrons. The molecule has 1 aromatic rings. The molecular formula is C14H12N2O4. The second-order valence-electron chi connectivity index (χ2n) is 3.96. The van der Waals surface area contributed by atoms with Crippen LogP contribution in [0.4, 0.5) is 4.79 Å². The highest BCUT2D eigenvalue weighted by Gasteiger charge is 2.27. The lowest BCUT2D eigenvalue weighted by Gasteiger charge is -2.13. The summed E-state index contributed by atoms with van der Waals surface area (Å²) in [7, 11) is 0. The van der Waals surface area contributed by atoms with Gasteiger partial charge in [-0.1, -0.05) is 24.8 Å². The van der Waals surface area contributed by atoms with Crippen LogP contribution in [-0.4, -0.2) is 24.5 Å². The monoisotopic (exact) mass is 272 g/mol. The molecule has 6 heteroatoms. The Kier molecular flexibility index (Phi) is 3.95. The summed E-state index contributed by atoms with van der Waals surface area (Å²) in [4.78, 5) is 34.0. The number of benzene rings is 1. The maximum atomic E-state index is 11.5. The Morgan fingerprint density at radius 2 is 1.65 bits per heavy atom. The van der Waals surface area contributed by atoms with Crippen molar-refractivity contribution in [2.24, 2.45) is 0 Å². The van der Waals surface area contributed by atoms with E-state index in [0.29, 0.717) is 17.9 Å². The van der Waals surface area contributed by atoms with E-state index in [0.717, 1.165) is 0 Å². The Hall–Kier alpha value is -2.89. The van der Waals surface area contributed by atoms with Crippen molar-refractivity contribution >= 4 is 23.9 Å². The molecule has 0 aliphatic carbocycles. The van der Waals surface area contributed by atoms with E-state index < -0.39 is 17.8 Å². The number of barbiturate groups is 1. The van der Waals surface area contributed by atoms with Crippen LogP contribution in [0.5, 0.6) is 5.75 Å². The number of urea groups is 1. The average Bonchev–Trinajstić information content (AvgIpc) is 2.42. The Morgan fingerprint density at radius 1 is 1.05 bits per heavy atom. The number of ether oxygens (including phenoxy) is 1. The first kappa shape index (κ1) is 13.5. The van der Waals surface area contributed by atoms with E-state index in [4.69, 9.17) is 4.74 Å². The van der Waals surface area contributed by atoms with Gasteiger partial charge in [-0.05, 0) is 23.8 Å². The summed E-state index contributed by atoms with van der Waals surface area (Å²) < 4.78 is 5.31. The Labute approximate surface area is 115 Å². The molecule has 2 N–H and O–H groups in total. The molecule has 1 aromatic carbocycles. The first-order valence-corrected chi connectivity index (χ1v) is 5.82. The van der Waals surface area contributed by atoms with Gasteiger partial charge in [0.1, 0.15) is 17.9 Å². The molecule has 0 spiro atoms. The first-order chi connectivity index (χ1) is 9.60. The third-order valence-electron chi connectivity index (χ3n) is 2.50. The lowest BCUT2D eigenvalue weighted by Crippen LogP contribution is -2.51. The van der Waals surface area contributed by atoms with E-state index in [-0.39, 0.29) is 5.57 Å². The minimum Gasteiger partial charge on any atom is -0.490 e. The number of carbonyl (C=O) groups excluding carboxylic acids is 3.